The number of hydrogen-bond donors (Lipinski definition) is 2. The van der Waals surface area contributed by atoms with Crippen LogP contribution in [0.2, 0.25) is 0 Å². The summed E-state index contributed by atoms with van der Waals surface area (Å²) in [6.45, 7) is 4.55. The number of aromatic nitrogens is 2. The predicted octanol–water partition coefficient (Wildman–Crippen LogP) is 3.60. The molecule has 1 saturated carbocycles. The van der Waals surface area contributed by atoms with Crippen molar-refractivity contribution < 1.29 is 9.59 Å². The van der Waals surface area contributed by atoms with Crippen LogP contribution in [0.1, 0.15) is 55.8 Å². The van der Waals surface area contributed by atoms with Crippen molar-refractivity contribution in [3.8, 4) is 0 Å². The lowest BCUT2D eigenvalue weighted by Gasteiger charge is -2.45. The lowest BCUT2D eigenvalue weighted by Crippen LogP contribution is -2.59. The van der Waals surface area contributed by atoms with Crippen molar-refractivity contribution in [2.24, 2.45) is 0 Å². The van der Waals surface area contributed by atoms with E-state index in [1.54, 1.807) is 23.2 Å². The molecule has 0 radical (unpaired) electrons. The number of likely N-dealkylation sites (tertiary alicyclic amines) is 1. The quantitative estimate of drug-likeness (QED) is 0.636. The largest absolute Gasteiger partial charge is 0.349 e. The highest BCUT2D eigenvalue weighted by Crippen LogP contribution is 2.38. The van der Waals surface area contributed by atoms with Gasteiger partial charge < -0.3 is 15.5 Å². The Bertz CT molecular complexity index is 1110. The first-order valence-electron chi connectivity index (χ1n) is 13.0. The van der Waals surface area contributed by atoms with Crippen LogP contribution < -0.4 is 20.5 Å². The lowest BCUT2D eigenvalue weighted by atomic mass is 10.0. The van der Waals surface area contributed by atoms with Gasteiger partial charge in [0.05, 0.1) is 12.2 Å². The van der Waals surface area contributed by atoms with Gasteiger partial charge in [0.15, 0.2) is 5.82 Å². The third-order valence-electron chi connectivity index (χ3n) is 7.50. The number of benzene rings is 1. The van der Waals surface area contributed by atoms with Gasteiger partial charge in [-0.3, -0.25) is 14.7 Å². The normalized spacial score (nSPS) is 19.5. The molecule has 2 N–H and O–H groups in total. The molecule has 2 aromatic rings. The standard InChI is InChI=1S/C26H36N8O2/c1-4-33-26(36)32(3)22-17-27-25(30-23(22)34(33)21-10-5-6-11-21)29-20-9-7-8-18(16-20)24(35)28-19-12-14-31(2)15-13-19/h7-9,16-17,19,21H,4-6,10-15H2,1-3H3,(H,28,35)(H,27,29,30). The second kappa shape index (κ2) is 10.3. The Labute approximate surface area is 212 Å². The van der Waals surface area contributed by atoms with Crippen molar-refractivity contribution in [1.29, 1.82) is 0 Å². The fourth-order valence-corrected chi connectivity index (χ4v) is 5.41. The summed E-state index contributed by atoms with van der Waals surface area (Å²) < 4.78 is 0. The molecule has 10 nitrogen and oxygen atoms in total. The molecule has 2 aliphatic heterocycles. The average Bonchev–Trinajstić information content (AvgIpc) is 3.42. The third kappa shape index (κ3) is 4.82. The highest BCUT2D eigenvalue weighted by molar-refractivity contribution is 5.99. The minimum atomic E-state index is -0.0652. The topological polar surface area (TPSA) is 96.9 Å². The number of urea groups is 1. The Morgan fingerprint density at radius 1 is 1.11 bits per heavy atom. The molecule has 5 rings (SSSR count). The zero-order valence-corrected chi connectivity index (χ0v) is 21.4. The zero-order chi connectivity index (χ0) is 25.2. The van der Waals surface area contributed by atoms with E-state index in [9.17, 15) is 9.59 Å². The average molecular weight is 493 g/mol. The first-order chi connectivity index (χ1) is 17.4. The van der Waals surface area contributed by atoms with Crippen molar-refractivity contribution in [3.63, 3.8) is 0 Å². The summed E-state index contributed by atoms with van der Waals surface area (Å²) in [6.07, 6.45) is 8.01. The number of hydrazine groups is 1. The van der Waals surface area contributed by atoms with Crippen LogP contribution in [-0.2, 0) is 0 Å². The highest BCUT2D eigenvalue weighted by Gasteiger charge is 2.39. The number of hydrogen-bond acceptors (Lipinski definition) is 7. The molecule has 3 aliphatic rings. The van der Waals surface area contributed by atoms with E-state index < -0.39 is 0 Å². The Morgan fingerprint density at radius 2 is 1.86 bits per heavy atom. The summed E-state index contributed by atoms with van der Waals surface area (Å²) >= 11 is 0. The van der Waals surface area contributed by atoms with Gasteiger partial charge in [0.2, 0.25) is 5.95 Å². The molecular weight excluding hydrogens is 456 g/mol. The molecule has 3 heterocycles. The van der Waals surface area contributed by atoms with Crippen molar-refractivity contribution in [1.82, 2.24) is 25.2 Å². The number of rotatable bonds is 6. The maximum Gasteiger partial charge on any atom is 0.343 e. The van der Waals surface area contributed by atoms with E-state index in [2.05, 4.69) is 32.6 Å². The van der Waals surface area contributed by atoms with Gasteiger partial charge in [0.25, 0.3) is 5.91 Å². The minimum Gasteiger partial charge on any atom is -0.349 e. The third-order valence-corrected chi connectivity index (χ3v) is 7.50. The minimum absolute atomic E-state index is 0.0642. The van der Waals surface area contributed by atoms with Crippen molar-refractivity contribution in [2.75, 3.05) is 49.0 Å². The molecule has 10 heteroatoms. The number of fused-ring (bicyclic) bond motifs is 1. The fraction of sp³-hybridized carbons (Fsp3) is 0.538. The van der Waals surface area contributed by atoms with Gasteiger partial charge in [-0.15, -0.1) is 0 Å². The SMILES string of the molecule is CCN1C(=O)N(C)c2cnc(Nc3cccc(C(=O)NC4CCN(C)CC4)c3)nc2N1C1CCCC1. The molecule has 1 aliphatic carbocycles. The van der Waals surface area contributed by atoms with E-state index in [1.807, 2.05) is 31.2 Å². The first kappa shape index (κ1) is 24.3. The molecule has 1 saturated heterocycles. The maximum atomic E-state index is 13.0. The number of nitrogens with zero attached hydrogens (tertiary/aromatic N) is 6. The second-order valence-electron chi connectivity index (χ2n) is 10.00. The van der Waals surface area contributed by atoms with Gasteiger partial charge in [-0.2, -0.15) is 4.98 Å². The molecule has 1 aromatic carbocycles. The van der Waals surface area contributed by atoms with Gasteiger partial charge in [0.1, 0.15) is 5.69 Å². The molecule has 3 amide bonds. The Hall–Kier alpha value is -3.40. The van der Waals surface area contributed by atoms with Crippen LogP contribution in [-0.4, -0.2) is 77.6 Å². The summed E-state index contributed by atoms with van der Waals surface area (Å²) in [5.41, 5.74) is 2.05. The van der Waals surface area contributed by atoms with Crippen LogP contribution in [0.25, 0.3) is 0 Å². The van der Waals surface area contributed by atoms with E-state index in [0.29, 0.717) is 23.7 Å². The molecule has 0 atom stereocenters. The Morgan fingerprint density at radius 3 is 2.58 bits per heavy atom. The molecule has 0 unspecified atom stereocenters. The maximum absolute atomic E-state index is 13.0. The summed E-state index contributed by atoms with van der Waals surface area (Å²) in [5.74, 6) is 1.11. The van der Waals surface area contributed by atoms with E-state index in [-0.39, 0.29) is 24.0 Å². The molecular formula is C26H36N8O2. The highest BCUT2D eigenvalue weighted by atomic mass is 16.2. The zero-order valence-electron chi connectivity index (χ0n) is 21.4. The van der Waals surface area contributed by atoms with E-state index in [0.717, 1.165) is 63.1 Å². The monoisotopic (exact) mass is 492 g/mol. The summed E-state index contributed by atoms with van der Waals surface area (Å²) in [7, 11) is 3.87. The van der Waals surface area contributed by atoms with Crippen LogP contribution in [0.3, 0.4) is 0 Å². The van der Waals surface area contributed by atoms with Crippen LogP contribution in [0, 0.1) is 0 Å². The summed E-state index contributed by atoms with van der Waals surface area (Å²) in [4.78, 5) is 39.2. The van der Waals surface area contributed by atoms with Crippen LogP contribution in [0.15, 0.2) is 30.5 Å². The first-order valence-corrected chi connectivity index (χ1v) is 13.0. The van der Waals surface area contributed by atoms with Gasteiger partial charge in [-0.25, -0.2) is 14.8 Å². The Kier molecular flexibility index (Phi) is 6.95. The molecule has 1 aromatic heterocycles. The van der Waals surface area contributed by atoms with E-state index in [1.165, 1.54) is 0 Å². The molecule has 0 bridgehead atoms. The van der Waals surface area contributed by atoms with Crippen molar-refractivity contribution in [2.45, 2.75) is 57.5 Å². The summed E-state index contributed by atoms with van der Waals surface area (Å²) in [5, 5.41) is 10.3. The van der Waals surface area contributed by atoms with Crippen LogP contribution >= 0.6 is 0 Å². The lowest BCUT2D eigenvalue weighted by molar-refractivity contribution is 0.0917. The predicted molar refractivity (Wildman–Crippen MR) is 141 cm³/mol. The molecule has 36 heavy (non-hydrogen) atoms. The van der Waals surface area contributed by atoms with Gasteiger partial charge in [-0.05, 0) is 70.9 Å². The van der Waals surface area contributed by atoms with Crippen molar-refractivity contribution in [3.05, 3.63) is 36.0 Å². The van der Waals surface area contributed by atoms with Gasteiger partial charge >= 0.3 is 6.03 Å². The number of nitrogens with one attached hydrogen (secondary N) is 2. The number of anilines is 4. The molecule has 0 spiro atoms. The Balaban J connectivity index is 1.36. The number of amides is 3. The van der Waals surface area contributed by atoms with Gasteiger partial charge in [0, 0.05) is 30.9 Å². The summed E-state index contributed by atoms with van der Waals surface area (Å²) in [6, 6.07) is 7.80. The number of piperidine rings is 1. The number of carbonyl (C=O) groups excluding carboxylic acids is 2. The fourth-order valence-electron chi connectivity index (χ4n) is 5.41. The van der Waals surface area contributed by atoms with Crippen LogP contribution in [0.4, 0.5) is 27.9 Å². The smallest absolute Gasteiger partial charge is 0.343 e. The molecule has 192 valence electrons. The van der Waals surface area contributed by atoms with E-state index in [4.69, 9.17) is 4.98 Å². The number of carbonyl (C=O) groups is 2. The van der Waals surface area contributed by atoms with Crippen LogP contribution in [0.5, 0.6) is 0 Å². The van der Waals surface area contributed by atoms with Crippen molar-refractivity contribution >= 4 is 35.1 Å². The van der Waals surface area contributed by atoms with E-state index >= 15 is 0 Å². The molecule has 2 fully saturated rings. The second-order valence-corrected chi connectivity index (χ2v) is 10.00. The van der Waals surface area contributed by atoms with Gasteiger partial charge in [-0.1, -0.05) is 18.9 Å².